The molecule has 0 radical (unpaired) electrons. The van der Waals surface area contributed by atoms with Crippen LogP contribution in [0.4, 0.5) is 0 Å². The standard InChI is InChI=1S/C23H23NO5/c1-4-18(25)19-20(17-8-6-5-7-14(17)2)24(22(27)21(19)26)13-15-9-11-16(12-10-15)23(28)29-3/h5-12,20,26H,4,13H2,1-3H3. The lowest BCUT2D eigenvalue weighted by Crippen LogP contribution is -2.31. The predicted octanol–water partition coefficient (Wildman–Crippen LogP) is 3.66. The van der Waals surface area contributed by atoms with Crippen molar-refractivity contribution < 1.29 is 24.2 Å². The molecular weight excluding hydrogens is 370 g/mol. The Morgan fingerprint density at radius 1 is 1.10 bits per heavy atom. The molecule has 1 atom stereocenters. The Labute approximate surface area is 169 Å². The van der Waals surface area contributed by atoms with Gasteiger partial charge in [-0.15, -0.1) is 0 Å². The van der Waals surface area contributed by atoms with Gasteiger partial charge in [0.05, 0.1) is 24.3 Å². The second-order valence-corrected chi connectivity index (χ2v) is 6.92. The Morgan fingerprint density at radius 3 is 2.34 bits per heavy atom. The number of hydrogen-bond donors (Lipinski definition) is 1. The number of ether oxygens (including phenoxy) is 1. The third-order valence-corrected chi connectivity index (χ3v) is 5.14. The lowest BCUT2D eigenvalue weighted by atomic mass is 9.92. The van der Waals surface area contributed by atoms with Gasteiger partial charge in [-0.25, -0.2) is 4.79 Å². The average molecular weight is 393 g/mol. The van der Waals surface area contributed by atoms with E-state index in [0.717, 1.165) is 16.7 Å². The van der Waals surface area contributed by atoms with E-state index in [9.17, 15) is 19.5 Å². The normalized spacial score (nSPS) is 16.3. The number of aliphatic hydroxyl groups is 1. The molecule has 0 fully saturated rings. The molecule has 1 amide bonds. The molecule has 0 saturated carbocycles. The number of ketones is 1. The smallest absolute Gasteiger partial charge is 0.337 e. The van der Waals surface area contributed by atoms with E-state index in [1.54, 1.807) is 31.2 Å². The molecular formula is C23H23NO5. The molecule has 6 nitrogen and oxygen atoms in total. The zero-order chi connectivity index (χ0) is 21.1. The molecule has 1 unspecified atom stereocenters. The van der Waals surface area contributed by atoms with Gasteiger partial charge >= 0.3 is 5.97 Å². The molecule has 1 heterocycles. The number of carbonyl (C=O) groups is 3. The first-order chi connectivity index (χ1) is 13.9. The van der Waals surface area contributed by atoms with Gasteiger partial charge in [0, 0.05) is 13.0 Å². The van der Waals surface area contributed by atoms with Crippen LogP contribution in [0.25, 0.3) is 0 Å². The van der Waals surface area contributed by atoms with Crippen LogP contribution < -0.4 is 0 Å². The summed E-state index contributed by atoms with van der Waals surface area (Å²) in [6, 6.07) is 13.5. The first kappa shape index (κ1) is 20.3. The quantitative estimate of drug-likeness (QED) is 0.758. The van der Waals surface area contributed by atoms with Crippen molar-refractivity contribution in [3.05, 3.63) is 82.1 Å². The van der Waals surface area contributed by atoms with Crippen LogP contribution >= 0.6 is 0 Å². The highest BCUT2D eigenvalue weighted by molar-refractivity contribution is 6.08. The molecule has 1 aliphatic heterocycles. The Hall–Kier alpha value is -3.41. The van der Waals surface area contributed by atoms with E-state index in [4.69, 9.17) is 4.74 Å². The topological polar surface area (TPSA) is 83.9 Å². The van der Waals surface area contributed by atoms with Crippen molar-refractivity contribution in [2.75, 3.05) is 7.11 Å². The van der Waals surface area contributed by atoms with Gasteiger partial charge in [-0.05, 0) is 35.7 Å². The molecule has 29 heavy (non-hydrogen) atoms. The van der Waals surface area contributed by atoms with Crippen molar-refractivity contribution in [3.8, 4) is 0 Å². The van der Waals surface area contributed by atoms with E-state index in [1.165, 1.54) is 12.0 Å². The molecule has 0 bridgehead atoms. The van der Waals surface area contributed by atoms with Gasteiger partial charge in [0.1, 0.15) is 0 Å². The van der Waals surface area contributed by atoms with E-state index in [1.807, 2.05) is 31.2 Å². The number of hydrogen-bond acceptors (Lipinski definition) is 5. The number of esters is 1. The SMILES string of the molecule is CCC(=O)C1=C(O)C(=O)N(Cc2ccc(C(=O)OC)cc2)C1c1ccccc1C. The van der Waals surface area contributed by atoms with Crippen LogP contribution in [0.3, 0.4) is 0 Å². The molecule has 150 valence electrons. The van der Waals surface area contributed by atoms with Crippen molar-refractivity contribution >= 4 is 17.7 Å². The number of aryl methyl sites for hydroxylation is 1. The lowest BCUT2D eigenvalue weighted by molar-refractivity contribution is -0.130. The third kappa shape index (κ3) is 3.78. The van der Waals surface area contributed by atoms with E-state index in [-0.39, 0.29) is 24.3 Å². The summed E-state index contributed by atoms with van der Waals surface area (Å²) in [6.07, 6.45) is 0.191. The highest BCUT2D eigenvalue weighted by Gasteiger charge is 2.43. The summed E-state index contributed by atoms with van der Waals surface area (Å²) in [6.45, 7) is 3.80. The molecule has 0 aromatic heterocycles. The van der Waals surface area contributed by atoms with E-state index in [2.05, 4.69) is 0 Å². The number of Topliss-reactive ketones (excluding diaryl/α,β-unsaturated/α-hetero) is 1. The minimum Gasteiger partial charge on any atom is -0.503 e. The van der Waals surface area contributed by atoms with Crippen LogP contribution in [0.2, 0.25) is 0 Å². The Balaban J connectivity index is 2.00. The zero-order valence-corrected chi connectivity index (χ0v) is 16.6. The van der Waals surface area contributed by atoms with Gasteiger partial charge < -0.3 is 14.7 Å². The van der Waals surface area contributed by atoms with Gasteiger partial charge in [-0.1, -0.05) is 43.3 Å². The molecule has 0 aliphatic carbocycles. The van der Waals surface area contributed by atoms with Crippen molar-refractivity contribution in [1.29, 1.82) is 0 Å². The number of aliphatic hydroxyl groups excluding tert-OH is 1. The highest BCUT2D eigenvalue weighted by Crippen LogP contribution is 2.40. The number of benzene rings is 2. The first-order valence-electron chi connectivity index (χ1n) is 9.39. The maximum absolute atomic E-state index is 12.8. The Bertz CT molecular complexity index is 991. The van der Waals surface area contributed by atoms with Gasteiger partial charge in [-0.2, -0.15) is 0 Å². The Kier molecular flexibility index (Phi) is 5.82. The molecule has 2 aromatic rings. The summed E-state index contributed by atoms with van der Waals surface area (Å²) in [5.74, 6) is -1.77. The summed E-state index contributed by atoms with van der Waals surface area (Å²) >= 11 is 0. The molecule has 3 rings (SSSR count). The van der Waals surface area contributed by atoms with Gasteiger partial charge in [0.25, 0.3) is 5.91 Å². The largest absolute Gasteiger partial charge is 0.503 e. The second kappa shape index (κ2) is 8.31. The van der Waals surface area contributed by atoms with E-state index < -0.39 is 23.7 Å². The lowest BCUT2D eigenvalue weighted by Gasteiger charge is -2.28. The highest BCUT2D eigenvalue weighted by atomic mass is 16.5. The third-order valence-electron chi connectivity index (χ3n) is 5.14. The number of methoxy groups -OCH3 is 1. The maximum atomic E-state index is 12.8. The molecule has 0 saturated heterocycles. The van der Waals surface area contributed by atoms with Crippen molar-refractivity contribution in [2.24, 2.45) is 0 Å². The molecule has 1 aliphatic rings. The first-order valence-corrected chi connectivity index (χ1v) is 9.39. The summed E-state index contributed by atoms with van der Waals surface area (Å²) in [5.41, 5.74) is 3.03. The molecule has 6 heteroatoms. The van der Waals surface area contributed by atoms with Gasteiger partial charge in [0.15, 0.2) is 11.5 Å². The van der Waals surface area contributed by atoms with Crippen LogP contribution in [-0.4, -0.2) is 34.8 Å². The van der Waals surface area contributed by atoms with Crippen LogP contribution in [0, 0.1) is 6.92 Å². The van der Waals surface area contributed by atoms with Crippen molar-refractivity contribution in [1.82, 2.24) is 4.90 Å². The number of rotatable bonds is 6. The second-order valence-electron chi connectivity index (χ2n) is 6.92. The van der Waals surface area contributed by atoms with Crippen LogP contribution in [0.15, 0.2) is 59.9 Å². The monoisotopic (exact) mass is 393 g/mol. The van der Waals surface area contributed by atoms with Crippen LogP contribution in [0.1, 0.15) is 46.4 Å². The summed E-state index contributed by atoms with van der Waals surface area (Å²) in [7, 11) is 1.31. The summed E-state index contributed by atoms with van der Waals surface area (Å²) in [5, 5.41) is 10.5. The maximum Gasteiger partial charge on any atom is 0.337 e. The zero-order valence-electron chi connectivity index (χ0n) is 16.6. The van der Waals surface area contributed by atoms with Crippen LogP contribution in [0.5, 0.6) is 0 Å². The fraction of sp³-hybridized carbons (Fsp3) is 0.261. The molecule has 1 N–H and O–H groups in total. The fourth-order valence-electron chi connectivity index (χ4n) is 3.57. The van der Waals surface area contributed by atoms with Crippen LogP contribution in [-0.2, 0) is 20.9 Å². The number of carbonyl (C=O) groups excluding carboxylic acids is 3. The molecule has 0 spiro atoms. The number of amides is 1. The van der Waals surface area contributed by atoms with Crippen molar-refractivity contribution in [2.45, 2.75) is 32.9 Å². The van der Waals surface area contributed by atoms with E-state index in [0.29, 0.717) is 5.56 Å². The average Bonchev–Trinajstić information content (AvgIpc) is 2.98. The van der Waals surface area contributed by atoms with Gasteiger partial charge in [-0.3, -0.25) is 9.59 Å². The minimum atomic E-state index is -0.656. The van der Waals surface area contributed by atoms with Crippen molar-refractivity contribution in [3.63, 3.8) is 0 Å². The van der Waals surface area contributed by atoms with E-state index >= 15 is 0 Å². The molecule has 2 aromatic carbocycles. The minimum absolute atomic E-state index is 0.137. The number of nitrogens with zero attached hydrogens (tertiary/aromatic N) is 1. The predicted molar refractivity (Wildman–Crippen MR) is 107 cm³/mol. The fourth-order valence-corrected chi connectivity index (χ4v) is 3.57. The Morgan fingerprint density at radius 2 is 1.76 bits per heavy atom. The summed E-state index contributed by atoms with van der Waals surface area (Å²) < 4.78 is 4.70. The van der Waals surface area contributed by atoms with Gasteiger partial charge in [0.2, 0.25) is 0 Å². The summed E-state index contributed by atoms with van der Waals surface area (Å²) in [4.78, 5) is 38.5.